The quantitative estimate of drug-likeness (QED) is 0.195. The highest BCUT2D eigenvalue weighted by Gasteiger charge is 2.45. The van der Waals surface area contributed by atoms with Gasteiger partial charge >= 0.3 is 5.97 Å². The monoisotopic (exact) mass is 572 g/mol. The molecule has 12 nitrogen and oxygen atoms in total. The number of phenolic OH excluding ortho intramolecular Hbond substituents is 1. The number of phenols is 1. The van der Waals surface area contributed by atoms with Gasteiger partial charge in [-0.1, -0.05) is 11.6 Å². The Hall–Kier alpha value is -3.94. The summed E-state index contributed by atoms with van der Waals surface area (Å²) in [5.41, 5.74) is 0.627. The first-order valence-electron chi connectivity index (χ1n) is 12.8. The van der Waals surface area contributed by atoms with E-state index in [0.717, 1.165) is 18.6 Å². The predicted molar refractivity (Wildman–Crippen MR) is 145 cm³/mol. The average molecular weight is 573 g/mol. The van der Waals surface area contributed by atoms with Crippen LogP contribution in [-0.4, -0.2) is 75.9 Å². The van der Waals surface area contributed by atoms with Gasteiger partial charge in [-0.15, -0.1) is 0 Å². The molecule has 0 spiro atoms. The fraction of sp³-hybridized carbons (Fsp3) is 0.379. The molecule has 4 rings (SSSR count). The molecular formula is C29H32O12. The third-order valence-corrected chi connectivity index (χ3v) is 6.57. The van der Waals surface area contributed by atoms with E-state index in [4.69, 9.17) is 23.4 Å². The Kier molecular flexibility index (Phi) is 9.00. The van der Waals surface area contributed by atoms with Gasteiger partial charge in [0.25, 0.3) is 0 Å². The average Bonchev–Trinajstić information content (AvgIpc) is 2.93. The van der Waals surface area contributed by atoms with E-state index in [9.17, 15) is 35.1 Å². The summed E-state index contributed by atoms with van der Waals surface area (Å²) in [6.45, 7) is 4.15. The van der Waals surface area contributed by atoms with Crippen LogP contribution in [0.1, 0.15) is 26.3 Å². The number of aliphatic hydroxyl groups is 4. The molecule has 1 aliphatic heterocycles. The van der Waals surface area contributed by atoms with E-state index in [2.05, 4.69) is 0 Å². The van der Waals surface area contributed by atoms with Gasteiger partial charge in [-0.05, 0) is 44.5 Å². The van der Waals surface area contributed by atoms with E-state index < -0.39 is 60.2 Å². The van der Waals surface area contributed by atoms with E-state index >= 15 is 0 Å². The standard InChI is InChI=1S/C29H32O12/c1-13(2)5-10-17-19(39-29-25(36)24(35)22(33)20(12-30)40-29)11-18(32)21-23(34)28(38-14(3)31)26(41-27(17)21)15-6-8-16(37-4)9-7-15/h5-9,11,20,22,24-25,29-30,32-33,35-36H,10,12H2,1-4H3/t20?,22-,24+,25-,29-/m1/s1. The number of allylic oxidation sites excluding steroid dienone is 2. The van der Waals surface area contributed by atoms with Gasteiger partial charge in [-0.25, -0.2) is 0 Å². The Morgan fingerprint density at radius 1 is 1.05 bits per heavy atom. The Balaban J connectivity index is 1.97. The van der Waals surface area contributed by atoms with Crippen molar-refractivity contribution in [3.8, 4) is 34.3 Å². The number of esters is 1. The van der Waals surface area contributed by atoms with Crippen molar-refractivity contribution in [3.63, 3.8) is 0 Å². The Labute approximate surface area is 234 Å². The molecule has 1 aliphatic rings. The van der Waals surface area contributed by atoms with Crippen molar-refractivity contribution in [2.24, 2.45) is 0 Å². The number of rotatable bonds is 8. The third-order valence-electron chi connectivity index (χ3n) is 6.57. The highest BCUT2D eigenvalue weighted by atomic mass is 16.7. The topological polar surface area (TPSA) is 185 Å². The Morgan fingerprint density at radius 3 is 2.32 bits per heavy atom. The molecule has 12 heteroatoms. The van der Waals surface area contributed by atoms with Gasteiger partial charge in [0.2, 0.25) is 17.5 Å². The molecule has 5 atom stereocenters. The lowest BCUT2D eigenvalue weighted by atomic mass is 9.99. The van der Waals surface area contributed by atoms with Gasteiger partial charge < -0.3 is 48.9 Å². The number of benzene rings is 2. The summed E-state index contributed by atoms with van der Waals surface area (Å²) in [4.78, 5) is 25.6. The number of ether oxygens (including phenoxy) is 4. The maximum absolute atomic E-state index is 13.7. The molecule has 1 aromatic heterocycles. The van der Waals surface area contributed by atoms with Crippen molar-refractivity contribution >= 4 is 16.9 Å². The van der Waals surface area contributed by atoms with Crippen molar-refractivity contribution in [1.82, 2.24) is 0 Å². The number of carbonyl (C=O) groups is 1. The first kappa shape index (κ1) is 30.0. The zero-order valence-corrected chi connectivity index (χ0v) is 22.9. The molecule has 0 amide bonds. The van der Waals surface area contributed by atoms with Crippen molar-refractivity contribution in [2.75, 3.05) is 13.7 Å². The number of carbonyl (C=O) groups excluding carboxylic acids is 1. The molecule has 2 heterocycles. The lowest BCUT2D eigenvalue weighted by molar-refractivity contribution is -0.277. The van der Waals surface area contributed by atoms with Crippen molar-refractivity contribution in [1.29, 1.82) is 0 Å². The van der Waals surface area contributed by atoms with Crippen LogP contribution in [0.5, 0.6) is 23.0 Å². The number of aromatic hydroxyl groups is 1. The van der Waals surface area contributed by atoms with Gasteiger partial charge in [0, 0.05) is 24.1 Å². The fourth-order valence-electron chi connectivity index (χ4n) is 4.42. The van der Waals surface area contributed by atoms with E-state index in [1.54, 1.807) is 30.3 Å². The van der Waals surface area contributed by atoms with Gasteiger partial charge in [-0.2, -0.15) is 0 Å². The molecule has 1 saturated heterocycles. The zero-order chi connectivity index (χ0) is 30.0. The molecule has 1 fully saturated rings. The SMILES string of the molecule is COc1ccc(-c2oc3c(CC=C(C)C)c(O[C@@H]4OC(CO)[C@@H](O)[C@H](O)[C@H]4O)cc(O)c3c(=O)c2OC(C)=O)cc1. The Bertz CT molecular complexity index is 1500. The van der Waals surface area contributed by atoms with Crippen LogP contribution in [0.3, 0.4) is 0 Å². The Morgan fingerprint density at radius 2 is 1.73 bits per heavy atom. The first-order valence-corrected chi connectivity index (χ1v) is 12.8. The largest absolute Gasteiger partial charge is 0.507 e. The molecule has 0 radical (unpaired) electrons. The molecule has 41 heavy (non-hydrogen) atoms. The molecule has 1 unspecified atom stereocenters. The number of hydrogen-bond donors (Lipinski definition) is 5. The molecule has 0 aliphatic carbocycles. The van der Waals surface area contributed by atoms with E-state index in [-0.39, 0.29) is 34.5 Å². The summed E-state index contributed by atoms with van der Waals surface area (Å²) in [6, 6.07) is 7.55. The molecular weight excluding hydrogens is 540 g/mol. The molecule has 5 N–H and O–H groups in total. The number of aliphatic hydroxyl groups excluding tert-OH is 4. The number of fused-ring (bicyclic) bond motifs is 1. The minimum Gasteiger partial charge on any atom is -0.507 e. The summed E-state index contributed by atoms with van der Waals surface area (Å²) >= 11 is 0. The minimum absolute atomic E-state index is 0.0686. The molecule has 2 aromatic carbocycles. The fourth-order valence-corrected chi connectivity index (χ4v) is 4.42. The summed E-state index contributed by atoms with van der Waals surface area (Å²) in [5.74, 6) is -1.42. The number of hydrogen-bond acceptors (Lipinski definition) is 12. The second-order valence-corrected chi connectivity index (χ2v) is 9.79. The molecule has 220 valence electrons. The van der Waals surface area contributed by atoms with Crippen molar-refractivity contribution in [2.45, 2.75) is 57.9 Å². The van der Waals surface area contributed by atoms with Crippen LogP contribution in [-0.2, 0) is 16.0 Å². The molecule has 0 bridgehead atoms. The smallest absolute Gasteiger partial charge is 0.308 e. The van der Waals surface area contributed by atoms with Gasteiger partial charge in [0.15, 0.2) is 5.76 Å². The molecule has 3 aromatic rings. The van der Waals surface area contributed by atoms with Gasteiger partial charge in [-0.3, -0.25) is 9.59 Å². The minimum atomic E-state index is -1.73. The second kappa shape index (κ2) is 12.3. The predicted octanol–water partition coefficient (Wildman–Crippen LogP) is 1.79. The van der Waals surface area contributed by atoms with Gasteiger partial charge in [0.05, 0.1) is 13.7 Å². The van der Waals surface area contributed by atoms with E-state index in [1.807, 2.05) is 13.8 Å². The summed E-state index contributed by atoms with van der Waals surface area (Å²) in [7, 11) is 1.49. The lowest BCUT2D eigenvalue weighted by Crippen LogP contribution is -2.60. The van der Waals surface area contributed by atoms with E-state index in [0.29, 0.717) is 11.3 Å². The molecule has 0 saturated carbocycles. The normalized spacial score (nSPS) is 22.3. The highest BCUT2D eigenvalue weighted by Crippen LogP contribution is 2.41. The zero-order valence-electron chi connectivity index (χ0n) is 22.9. The lowest BCUT2D eigenvalue weighted by Gasteiger charge is -2.39. The van der Waals surface area contributed by atoms with Crippen molar-refractivity contribution in [3.05, 3.63) is 57.8 Å². The number of methoxy groups -OCH3 is 1. The van der Waals surface area contributed by atoms with Gasteiger partial charge in [0.1, 0.15) is 52.6 Å². The van der Waals surface area contributed by atoms with Crippen LogP contribution in [0, 0.1) is 0 Å². The summed E-state index contributed by atoms with van der Waals surface area (Å²) in [5, 5.41) is 51.1. The van der Waals surface area contributed by atoms with Crippen LogP contribution in [0.15, 0.2) is 51.2 Å². The first-order chi connectivity index (χ1) is 19.5. The van der Waals surface area contributed by atoms with E-state index in [1.165, 1.54) is 7.11 Å². The highest BCUT2D eigenvalue weighted by molar-refractivity contribution is 5.92. The second-order valence-electron chi connectivity index (χ2n) is 9.79. The van der Waals surface area contributed by atoms with Crippen LogP contribution in [0.4, 0.5) is 0 Å². The third kappa shape index (κ3) is 6.06. The van der Waals surface area contributed by atoms with Crippen molar-refractivity contribution < 1.29 is 53.7 Å². The van der Waals surface area contributed by atoms with Crippen LogP contribution in [0.2, 0.25) is 0 Å². The maximum atomic E-state index is 13.7. The summed E-state index contributed by atoms with van der Waals surface area (Å²) in [6.07, 6.45) is -5.90. The van der Waals surface area contributed by atoms with Crippen LogP contribution < -0.4 is 19.6 Å². The summed E-state index contributed by atoms with van der Waals surface area (Å²) < 4.78 is 28.0. The van der Waals surface area contributed by atoms with Crippen LogP contribution in [0.25, 0.3) is 22.3 Å². The van der Waals surface area contributed by atoms with Crippen LogP contribution >= 0.6 is 0 Å². The maximum Gasteiger partial charge on any atom is 0.308 e.